The van der Waals surface area contributed by atoms with Crippen LogP contribution in [0.2, 0.25) is 0 Å². The van der Waals surface area contributed by atoms with E-state index in [1.807, 2.05) is 18.3 Å². The van der Waals surface area contributed by atoms with Crippen LogP contribution in [0.5, 0.6) is 5.88 Å². The van der Waals surface area contributed by atoms with Crippen LogP contribution in [0.1, 0.15) is 52.9 Å². The molecule has 1 aliphatic rings. The van der Waals surface area contributed by atoms with Gasteiger partial charge >= 0.3 is 0 Å². The molecule has 1 fully saturated rings. The predicted octanol–water partition coefficient (Wildman–Crippen LogP) is 4.50. The molecule has 0 unspecified atom stereocenters. The molecule has 1 heterocycles. The van der Waals surface area contributed by atoms with Crippen molar-refractivity contribution in [3.63, 3.8) is 0 Å². The zero-order valence-electron chi connectivity index (χ0n) is 13.3. The van der Waals surface area contributed by atoms with Crippen LogP contribution in [0, 0.1) is 11.3 Å². The lowest BCUT2D eigenvalue weighted by Crippen LogP contribution is -2.32. The summed E-state index contributed by atoms with van der Waals surface area (Å²) in [5.41, 5.74) is 1.59. The molecule has 1 aliphatic carbocycles. The van der Waals surface area contributed by atoms with E-state index in [0.717, 1.165) is 11.6 Å². The SMILES string of the molecule is CCC(C)(C)C1CCC(Nc2ccc(OC)nc2)CC1. The number of hydrogen-bond donors (Lipinski definition) is 1. The van der Waals surface area contributed by atoms with Crippen molar-refractivity contribution in [3.05, 3.63) is 18.3 Å². The van der Waals surface area contributed by atoms with Gasteiger partial charge in [-0.2, -0.15) is 0 Å². The second kappa shape index (κ2) is 6.47. The second-order valence-electron chi connectivity index (χ2n) is 6.62. The van der Waals surface area contributed by atoms with Gasteiger partial charge < -0.3 is 10.1 Å². The third kappa shape index (κ3) is 3.65. The minimum Gasteiger partial charge on any atom is -0.481 e. The van der Waals surface area contributed by atoms with Crippen molar-refractivity contribution in [2.24, 2.45) is 11.3 Å². The molecule has 1 saturated carbocycles. The highest BCUT2D eigenvalue weighted by Gasteiger charge is 2.31. The Labute approximate surface area is 123 Å². The first-order valence-corrected chi connectivity index (χ1v) is 7.81. The van der Waals surface area contributed by atoms with Crippen molar-refractivity contribution in [2.75, 3.05) is 12.4 Å². The van der Waals surface area contributed by atoms with Crippen LogP contribution < -0.4 is 10.1 Å². The lowest BCUT2D eigenvalue weighted by atomic mass is 9.69. The standard InChI is InChI=1S/C17H28N2O/c1-5-17(2,3)13-6-8-14(9-7-13)19-15-10-11-16(20-4)18-12-15/h10-14,19H,5-9H2,1-4H3. The molecular formula is C17H28N2O. The topological polar surface area (TPSA) is 34.1 Å². The molecule has 0 bridgehead atoms. The highest BCUT2D eigenvalue weighted by molar-refractivity contribution is 5.43. The van der Waals surface area contributed by atoms with Crippen molar-refractivity contribution < 1.29 is 4.74 Å². The van der Waals surface area contributed by atoms with E-state index < -0.39 is 0 Å². The van der Waals surface area contributed by atoms with E-state index in [4.69, 9.17) is 4.74 Å². The maximum absolute atomic E-state index is 5.08. The number of aromatic nitrogens is 1. The Kier molecular flexibility index (Phi) is 4.90. The number of rotatable bonds is 5. The van der Waals surface area contributed by atoms with Crippen LogP contribution >= 0.6 is 0 Å². The summed E-state index contributed by atoms with van der Waals surface area (Å²) in [5, 5.41) is 3.60. The van der Waals surface area contributed by atoms with Gasteiger partial charge in [-0.3, -0.25) is 0 Å². The zero-order chi connectivity index (χ0) is 14.6. The van der Waals surface area contributed by atoms with Crippen LogP contribution in [0.15, 0.2) is 18.3 Å². The van der Waals surface area contributed by atoms with Crippen molar-refractivity contribution in [1.82, 2.24) is 4.98 Å². The fourth-order valence-corrected chi connectivity index (χ4v) is 3.13. The summed E-state index contributed by atoms with van der Waals surface area (Å²) in [6.45, 7) is 7.14. The highest BCUT2D eigenvalue weighted by Crippen LogP contribution is 2.40. The van der Waals surface area contributed by atoms with E-state index in [2.05, 4.69) is 31.1 Å². The van der Waals surface area contributed by atoms with Gasteiger partial charge in [0.1, 0.15) is 0 Å². The Morgan fingerprint density at radius 3 is 2.45 bits per heavy atom. The summed E-state index contributed by atoms with van der Waals surface area (Å²) in [6.07, 6.45) is 8.34. The first-order chi connectivity index (χ1) is 9.55. The van der Waals surface area contributed by atoms with Gasteiger partial charge in [0.2, 0.25) is 5.88 Å². The molecule has 1 N–H and O–H groups in total. The Bertz CT molecular complexity index is 406. The quantitative estimate of drug-likeness (QED) is 0.860. The van der Waals surface area contributed by atoms with Gasteiger partial charge in [0.05, 0.1) is 19.0 Å². The van der Waals surface area contributed by atoms with Crippen molar-refractivity contribution in [3.8, 4) is 5.88 Å². The van der Waals surface area contributed by atoms with Gasteiger partial charge in [0.25, 0.3) is 0 Å². The van der Waals surface area contributed by atoms with Crippen LogP contribution in [-0.2, 0) is 0 Å². The molecule has 3 heteroatoms. The molecule has 3 nitrogen and oxygen atoms in total. The van der Waals surface area contributed by atoms with Crippen LogP contribution in [0.25, 0.3) is 0 Å². The molecule has 2 rings (SSSR count). The molecule has 0 amide bonds. The number of hydrogen-bond acceptors (Lipinski definition) is 3. The van der Waals surface area contributed by atoms with Crippen LogP contribution in [0.4, 0.5) is 5.69 Å². The second-order valence-corrected chi connectivity index (χ2v) is 6.62. The molecule has 0 aliphatic heterocycles. The van der Waals surface area contributed by atoms with Crippen molar-refractivity contribution in [1.29, 1.82) is 0 Å². The first-order valence-electron chi connectivity index (χ1n) is 7.81. The summed E-state index contributed by atoms with van der Waals surface area (Å²) in [4.78, 5) is 4.25. The number of pyridine rings is 1. The van der Waals surface area contributed by atoms with Gasteiger partial charge in [-0.15, -0.1) is 0 Å². The smallest absolute Gasteiger partial charge is 0.213 e. The van der Waals surface area contributed by atoms with Gasteiger partial charge in [-0.1, -0.05) is 27.2 Å². The summed E-state index contributed by atoms with van der Waals surface area (Å²) < 4.78 is 5.08. The van der Waals surface area contributed by atoms with Gasteiger partial charge in [0.15, 0.2) is 0 Å². The molecule has 1 aromatic heterocycles. The minimum absolute atomic E-state index is 0.493. The first kappa shape index (κ1) is 15.1. The lowest BCUT2D eigenvalue weighted by molar-refractivity contribution is 0.147. The number of ether oxygens (including phenoxy) is 1. The van der Waals surface area contributed by atoms with Gasteiger partial charge in [-0.05, 0) is 43.1 Å². The average molecular weight is 276 g/mol. The average Bonchev–Trinajstić information content (AvgIpc) is 2.48. The summed E-state index contributed by atoms with van der Waals surface area (Å²) in [6, 6.07) is 4.55. The van der Waals surface area contributed by atoms with E-state index in [0.29, 0.717) is 17.3 Å². The number of methoxy groups -OCH3 is 1. The Morgan fingerprint density at radius 1 is 1.25 bits per heavy atom. The van der Waals surface area contributed by atoms with Gasteiger partial charge in [-0.25, -0.2) is 4.98 Å². The summed E-state index contributed by atoms with van der Waals surface area (Å²) in [7, 11) is 1.65. The monoisotopic (exact) mass is 276 g/mol. The van der Waals surface area contributed by atoms with Crippen LogP contribution in [-0.4, -0.2) is 18.1 Å². The number of nitrogens with zero attached hydrogens (tertiary/aromatic N) is 1. The zero-order valence-corrected chi connectivity index (χ0v) is 13.3. The molecule has 20 heavy (non-hydrogen) atoms. The van der Waals surface area contributed by atoms with E-state index in [1.54, 1.807) is 7.11 Å². The number of anilines is 1. The van der Waals surface area contributed by atoms with E-state index in [9.17, 15) is 0 Å². The third-order valence-electron chi connectivity index (χ3n) is 5.06. The van der Waals surface area contributed by atoms with E-state index in [1.165, 1.54) is 32.1 Å². The summed E-state index contributed by atoms with van der Waals surface area (Å²) >= 11 is 0. The third-order valence-corrected chi connectivity index (χ3v) is 5.06. The maximum Gasteiger partial charge on any atom is 0.213 e. The Morgan fingerprint density at radius 2 is 1.95 bits per heavy atom. The molecular weight excluding hydrogens is 248 g/mol. The minimum atomic E-state index is 0.493. The van der Waals surface area contributed by atoms with Gasteiger partial charge in [0, 0.05) is 12.1 Å². The predicted molar refractivity (Wildman–Crippen MR) is 84.2 cm³/mol. The van der Waals surface area contributed by atoms with Crippen LogP contribution in [0.3, 0.4) is 0 Å². The molecule has 0 radical (unpaired) electrons. The molecule has 0 atom stereocenters. The normalized spacial score (nSPS) is 23.4. The Balaban J connectivity index is 1.85. The molecule has 112 valence electrons. The fraction of sp³-hybridized carbons (Fsp3) is 0.706. The molecule has 1 aromatic rings. The molecule has 0 aromatic carbocycles. The summed E-state index contributed by atoms with van der Waals surface area (Å²) in [5.74, 6) is 1.54. The maximum atomic E-state index is 5.08. The lowest BCUT2D eigenvalue weighted by Gasteiger charge is -2.39. The highest BCUT2D eigenvalue weighted by atomic mass is 16.5. The number of nitrogens with one attached hydrogen (secondary N) is 1. The van der Waals surface area contributed by atoms with Crippen molar-refractivity contribution >= 4 is 5.69 Å². The largest absolute Gasteiger partial charge is 0.481 e. The molecule has 0 saturated heterocycles. The van der Waals surface area contributed by atoms with E-state index >= 15 is 0 Å². The van der Waals surface area contributed by atoms with E-state index in [-0.39, 0.29) is 0 Å². The fourth-order valence-electron chi connectivity index (χ4n) is 3.13. The van der Waals surface area contributed by atoms with Crippen molar-refractivity contribution in [2.45, 2.75) is 58.9 Å². The Hall–Kier alpha value is -1.25. The molecule has 0 spiro atoms.